The van der Waals surface area contributed by atoms with E-state index < -0.39 is 0 Å². The van der Waals surface area contributed by atoms with Crippen molar-refractivity contribution in [3.8, 4) is 51.0 Å². The van der Waals surface area contributed by atoms with E-state index in [9.17, 15) is 0 Å². The Balaban J connectivity index is 1.27. The standard InChI is InChI=1S/C43H28N4/c1-3-13-29(14-4-1)30-23-25-32(26-24-30)42-44-41(31-15-5-2-6-16-31)45-43(46-42)34-27-33-17-7-8-18-35(33)40(28-34)47-38-21-11-9-19-36(38)37-20-10-12-22-39(37)47/h1-28H. The highest BCUT2D eigenvalue weighted by atomic mass is 15.0. The van der Waals surface area contributed by atoms with Crippen molar-refractivity contribution in [2.45, 2.75) is 0 Å². The van der Waals surface area contributed by atoms with Crippen LogP contribution >= 0.6 is 0 Å². The van der Waals surface area contributed by atoms with Gasteiger partial charge in [-0.3, -0.25) is 0 Å². The van der Waals surface area contributed by atoms with Crippen molar-refractivity contribution in [2.24, 2.45) is 0 Å². The summed E-state index contributed by atoms with van der Waals surface area (Å²) in [4.78, 5) is 15.2. The number of benzene rings is 7. The highest BCUT2D eigenvalue weighted by Crippen LogP contribution is 2.37. The zero-order chi connectivity index (χ0) is 31.2. The number of nitrogens with zero attached hydrogens (tertiary/aromatic N) is 4. The van der Waals surface area contributed by atoms with Gasteiger partial charge in [0, 0.05) is 32.8 Å². The first-order valence-corrected chi connectivity index (χ1v) is 15.8. The van der Waals surface area contributed by atoms with Gasteiger partial charge in [0.25, 0.3) is 0 Å². The molecule has 0 saturated carbocycles. The van der Waals surface area contributed by atoms with Crippen molar-refractivity contribution in [1.82, 2.24) is 19.5 Å². The summed E-state index contributed by atoms with van der Waals surface area (Å²) in [7, 11) is 0. The van der Waals surface area contributed by atoms with E-state index in [4.69, 9.17) is 15.0 Å². The Morgan fingerprint density at radius 2 is 0.745 bits per heavy atom. The smallest absolute Gasteiger partial charge is 0.164 e. The third-order valence-electron chi connectivity index (χ3n) is 8.84. The highest BCUT2D eigenvalue weighted by Gasteiger charge is 2.18. The molecule has 0 bridgehead atoms. The second-order valence-corrected chi connectivity index (χ2v) is 11.7. The van der Waals surface area contributed by atoms with Crippen LogP contribution in [0.25, 0.3) is 83.6 Å². The van der Waals surface area contributed by atoms with Gasteiger partial charge in [0.15, 0.2) is 17.5 Å². The summed E-state index contributed by atoms with van der Waals surface area (Å²) < 4.78 is 2.37. The molecule has 2 aromatic heterocycles. The highest BCUT2D eigenvalue weighted by molar-refractivity contribution is 6.10. The Kier molecular flexibility index (Phi) is 6.43. The molecule has 0 spiro atoms. The molecule has 0 amide bonds. The van der Waals surface area contributed by atoms with E-state index in [0.29, 0.717) is 17.5 Å². The van der Waals surface area contributed by atoms with Crippen molar-refractivity contribution in [2.75, 3.05) is 0 Å². The van der Waals surface area contributed by atoms with E-state index in [1.165, 1.54) is 16.3 Å². The minimum atomic E-state index is 0.633. The molecular formula is C43H28N4. The molecule has 9 rings (SSSR count). The maximum atomic E-state index is 5.12. The SMILES string of the molecule is c1ccc(-c2ccc(-c3nc(-c4ccccc4)nc(-c4cc(-n5c6ccccc6c6ccccc65)c5ccccc5c4)n3)cc2)cc1. The molecule has 0 aliphatic carbocycles. The monoisotopic (exact) mass is 600 g/mol. The fourth-order valence-corrected chi connectivity index (χ4v) is 6.58. The van der Waals surface area contributed by atoms with Crippen LogP contribution in [0.4, 0.5) is 0 Å². The van der Waals surface area contributed by atoms with E-state index in [1.54, 1.807) is 0 Å². The summed E-state index contributed by atoms with van der Waals surface area (Å²) in [6, 6.07) is 59.2. The molecule has 2 heterocycles. The van der Waals surface area contributed by atoms with E-state index in [1.807, 2.05) is 36.4 Å². The molecular weight excluding hydrogens is 573 g/mol. The molecule has 9 aromatic rings. The molecule has 0 fully saturated rings. The van der Waals surface area contributed by atoms with E-state index in [2.05, 4.69) is 138 Å². The lowest BCUT2D eigenvalue weighted by Crippen LogP contribution is -2.02. The summed E-state index contributed by atoms with van der Waals surface area (Å²) in [6.07, 6.45) is 0. The summed E-state index contributed by atoms with van der Waals surface area (Å²) in [5.41, 5.74) is 8.56. The summed E-state index contributed by atoms with van der Waals surface area (Å²) >= 11 is 0. The first kappa shape index (κ1) is 27.0. The Hall–Kier alpha value is -6.39. The van der Waals surface area contributed by atoms with Crippen LogP contribution in [-0.4, -0.2) is 19.5 Å². The molecule has 0 saturated heterocycles. The van der Waals surface area contributed by atoms with Crippen LogP contribution in [0.15, 0.2) is 170 Å². The zero-order valence-electron chi connectivity index (χ0n) is 25.5. The lowest BCUT2D eigenvalue weighted by molar-refractivity contribution is 1.07. The van der Waals surface area contributed by atoms with Crippen LogP contribution in [0.1, 0.15) is 0 Å². The maximum Gasteiger partial charge on any atom is 0.164 e. The molecule has 4 nitrogen and oxygen atoms in total. The van der Waals surface area contributed by atoms with Gasteiger partial charge in [-0.2, -0.15) is 0 Å². The number of aromatic nitrogens is 4. The fraction of sp³-hybridized carbons (Fsp3) is 0. The molecule has 220 valence electrons. The van der Waals surface area contributed by atoms with Gasteiger partial charge in [0.2, 0.25) is 0 Å². The van der Waals surface area contributed by atoms with E-state index >= 15 is 0 Å². The van der Waals surface area contributed by atoms with Crippen LogP contribution < -0.4 is 0 Å². The molecule has 0 radical (unpaired) electrons. The summed E-state index contributed by atoms with van der Waals surface area (Å²) in [5.74, 6) is 1.91. The second kappa shape index (κ2) is 11.2. The van der Waals surface area contributed by atoms with Gasteiger partial charge < -0.3 is 4.57 Å². The average molecular weight is 601 g/mol. The molecule has 4 heteroatoms. The first-order chi connectivity index (χ1) is 23.3. The van der Waals surface area contributed by atoms with Gasteiger partial charge >= 0.3 is 0 Å². The van der Waals surface area contributed by atoms with Crippen LogP contribution in [0.5, 0.6) is 0 Å². The summed E-state index contributed by atoms with van der Waals surface area (Å²) in [6.45, 7) is 0. The topological polar surface area (TPSA) is 43.6 Å². The maximum absolute atomic E-state index is 5.12. The third kappa shape index (κ3) is 4.75. The summed E-state index contributed by atoms with van der Waals surface area (Å²) in [5, 5.41) is 4.74. The second-order valence-electron chi connectivity index (χ2n) is 11.7. The van der Waals surface area contributed by atoms with E-state index in [-0.39, 0.29) is 0 Å². The van der Waals surface area contributed by atoms with Gasteiger partial charge in [0.1, 0.15) is 0 Å². The largest absolute Gasteiger partial charge is 0.309 e. The fourth-order valence-electron chi connectivity index (χ4n) is 6.58. The van der Waals surface area contributed by atoms with Gasteiger partial charge in [-0.1, -0.05) is 146 Å². The Morgan fingerprint density at radius 3 is 1.36 bits per heavy atom. The number of hydrogen-bond donors (Lipinski definition) is 0. The Labute approximate surface area is 272 Å². The van der Waals surface area contributed by atoms with Crippen molar-refractivity contribution in [1.29, 1.82) is 0 Å². The number of hydrogen-bond acceptors (Lipinski definition) is 3. The normalized spacial score (nSPS) is 11.4. The molecule has 0 unspecified atom stereocenters. The minimum absolute atomic E-state index is 0.633. The molecule has 0 aliphatic rings. The minimum Gasteiger partial charge on any atom is -0.309 e. The van der Waals surface area contributed by atoms with Crippen molar-refractivity contribution in [3.05, 3.63) is 170 Å². The first-order valence-electron chi connectivity index (χ1n) is 15.8. The number of para-hydroxylation sites is 2. The van der Waals surface area contributed by atoms with E-state index in [0.717, 1.165) is 49.7 Å². The lowest BCUT2D eigenvalue weighted by atomic mass is 10.0. The van der Waals surface area contributed by atoms with Gasteiger partial charge in [-0.05, 0) is 40.8 Å². The molecule has 0 aliphatic heterocycles. The van der Waals surface area contributed by atoms with Gasteiger partial charge in [-0.15, -0.1) is 0 Å². The van der Waals surface area contributed by atoms with Crippen LogP contribution in [0, 0.1) is 0 Å². The quantitative estimate of drug-likeness (QED) is 0.197. The molecule has 7 aromatic carbocycles. The zero-order valence-corrected chi connectivity index (χ0v) is 25.5. The Morgan fingerprint density at radius 1 is 0.319 bits per heavy atom. The average Bonchev–Trinajstić information content (AvgIpc) is 3.49. The predicted molar refractivity (Wildman–Crippen MR) is 193 cm³/mol. The van der Waals surface area contributed by atoms with Crippen molar-refractivity contribution < 1.29 is 0 Å². The molecule has 47 heavy (non-hydrogen) atoms. The van der Waals surface area contributed by atoms with Gasteiger partial charge in [-0.25, -0.2) is 15.0 Å². The van der Waals surface area contributed by atoms with Crippen LogP contribution in [0.3, 0.4) is 0 Å². The van der Waals surface area contributed by atoms with Crippen LogP contribution in [-0.2, 0) is 0 Å². The third-order valence-corrected chi connectivity index (χ3v) is 8.84. The molecule has 0 atom stereocenters. The Bertz CT molecular complexity index is 2500. The number of fused-ring (bicyclic) bond motifs is 4. The van der Waals surface area contributed by atoms with Crippen molar-refractivity contribution >= 4 is 32.6 Å². The van der Waals surface area contributed by atoms with Gasteiger partial charge in [0.05, 0.1) is 16.7 Å². The lowest BCUT2D eigenvalue weighted by Gasteiger charge is -2.15. The van der Waals surface area contributed by atoms with Crippen LogP contribution in [0.2, 0.25) is 0 Å². The predicted octanol–water partition coefficient (Wildman–Crippen LogP) is 10.8. The number of rotatable bonds is 5. The molecule has 0 N–H and O–H groups in total. The van der Waals surface area contributed by atoms with Crippen molar-refractivity contribution in [3.63, 3.8) is 0 Å².